The van der Waals surface area contributed by atoms with Gasteiger partial charge in [0.2, 0.25) is 10.0 Å². The number of carbonyl (C=O) groups excluding carboxylic acids is 1. The van der Waals surface area contributed by atoms with Crippen molar-refractivity contribution in [2.75, 3.05) is 15.8 Å². The second-order valence-corrected chi connectivity index (χ2v) is 12.8. The summed E-state index contributed by atoms with van der Waals surface area (Å²) in [5, 5.41) is 7.21. The van der Waals surface area contributed by atoms with E-state index in [1.54, 1.807) is 20.8 Å². The van der Waals surface area contributed by atoms with Crippen molar-refractivity contribution in [2.45, 2.75) is 45.3 Å². The summed E-state index contributed by atoms with van der Waals surface area (Å²) in [6, 6.07) is 8.51. The molecule has 2 aromatic heterocycles. The van der Waals surface area contributed by atoms with E-state index in [-0.39, 0.29) is 40.8 Å². The highest BCUT2D eigenvalue weighted by molar-refractivity contribution is 7.92. The predicted molar refractivity (Wildman–Crippen MR) is 156 cm³/mol. The number of benzene rings is 2. The third-order valence-electron chi connectivity index (χ3n) is 6.14. The highest BCUT2D eigenvalue weighted by Gasteiger charge is 2.36. The van der Waals surface area contributed by atoms with Crippen LogP contribution in [0.2, 0.25) is 0 Å². The number of alkyl halides is 6. The number of hydrogen-bond acceptors (Lipinski definition) is 8. The van der Waals surface area contributed by atoms with E-state index < -0.39 is 56.8 Å². The van der Waals surface area contributed by atoms with Crippen LogP contribution in [0.4, 0.5) is 48.1 Å². The Kier molecular flexibility index (Phi) is 9.43. The lowest BCUT2D eigenvalue weighted by molar-refractivity contribution is -0.141. The molecular weight excluding hydrogens is 663 g/mol. The number of halogens is 7. The molecule has 0 saturated heterocycles. The molecule has 19 heteroatoms. The van der Waals surface area contributed by atoms with Crippen LogP contribution >= 0.6 is 0 Å². The van der Waals surface area contributed by atoms with E-state index in [0.717, 1.165) is 24.4 Å². The number of primary amides is 1. The zero-order valence-corrected chi connectivity index (χ0v) is 25.5. The molecule has 1 amide bonds. The number of carbonyl (C=O) groups is 1. The quantitative estimate of drug-likeness (QED) is 0.172. The molecule has 0 aliphatic carbocycles. The number of amides is 1. The number of rotatable bonds is 10. The molecule has 0 bridgehead atoms. The third-order valence-corrected chi connectivity index (χ3v) is 7.38. The molecular formula is C28H26F7N7O4S. The molecule has 4 rings (SSSR count). The van der Waals surface area contributed by atoms with Crippen LogP contribution < -0.4 is 20.5 Å². The first-order valence-electron chi connectivity index (χ1n) is 13.3. The molecule has 0 aliphatic heterocycles. The summed E-state index contributed by atoms with van der Waals surface area (Å²) in [5.74, 6) is -4.35. The molecule has 0 spiro atoms. The van der Waals surface area contributed by atoms with Gasteiger partial charge in [0.1, 0.15) is 41.1 Å². The van der Waals surface area contributed by atoms with E-state index in [4.69, 9.17) is 10.5 Å². The lowest BCUT2D eigenvalue weighted by Gasteiger charge is -2.23. The van der Waals surface area contributed by atoms with Crippen molar-refractivity contribution in [2.24, 2.45) is 5.73 Å². The molecule has 47 heavy (non-hydrogen) atoms. The largest absolute Gasteiger partial charge is 0.487 e. The van der Waals surface area contributed by atoms with Gasteiger partial charge in [-0.05, 0) is 50.6 Å². The van der Waals surface area contributed by atoms with E-state index in [0.29, 0.717) is 11.8 Å². The third kappa shape index (κ3) is 8.87. The fraction of sp³-hybridized carbons (Fsp3) is 0.286. The van der Waals surface area contributed by atoms with Crippen molar-refractivity contribution in [3.63, 3.8) is 0 Å². The van der Waals surface area contributed by atoms with Gasteiger partial charge in [0.05, 0.1) is 23.6 Å². The number of anilines is 3. The van der Waals surface area contributed by atoms with Crippen LogP contribution in [-0.2, 0) is 28.3 Å². The van der Waals surface area contributed by atoms with Crippen molar-refractivity contribution in [1.29, 1.82) is 0 Å². The normalized spacial score (nSPS) is 12.6. The summed E-state index contributed by atoms with van der Waals surface area (Å²) < 4.78 is 125. The number of nitrogens with two attached hydrogens (primary N) is 1. The van der Waals surface area contributed by atoms with Gasteiger partial charge in [0.15, 0.2) is 11.4 Å². The molecule has 0 unspecified atom stereocenters. The van der Waals surface area contributed by atoms with Gasteiger partial charge in [-0.2, -0.15) is 31.4 Å². The summed E-state index contributed by atoms with van der Waals surface area (Å²) in [6.07, 6.45) is -8.55. The second kappa shape index (κ2) is 12.7. The van der Waals surface area contributed by atoms with Crippen molar-refractivity contribution >= 4 is 33.3 Å². The first-order valence-corrected chi connectivity index (χ1v) is 15.0. The van der Waals surface area contributed by atoms with Crippen LogP contribution in [0.1, 0.15) is 42.4 Å². The zero-order valence-electron chi connectivity index (χ0n) is 24.7. The standard InChI is InChI=1S/C28H26F7N7O4S/c1-26(2,3)42-25(39-21-12-37-20(11-38-21)28(33,34)35)22(24(36)43)23(40-42)16-6-9-18(41-47(44,45)14-27(30,31)32)19(10-16)46-13-15-4-7-17(29)8-5-15/h4-12,41H,13-14H2,1-3H3,(H2,36,43)(H,38,39). The highest BCUT2D eigenvalue weighted by Crippen LogP contribution is 2.38. The van der Waals surface area contributed by atoms with Crippen LogP contribution in [0, 0.1) is 5.82 Å². The van der Waals surface area contributed by atoms with Gasteiger partial charge in [0.25, 0.3) is 5.91 Å². The van der Waals surface area contributed by atoms with Crippen LogP contribution in [0.3, 0.4) is 0 Å². The lowest BCUT2D eigenvalue weighted by Crippen LogP contribution is -2.28. The Morgan fingerprint density at radius 1 is 0.979 bits per heavy atom. The monoisotopic (exact) mass is 689 g/mol. The van der Waals surface area contributed by atoms with Gasteiger partial charge >= 0.3 is 12.4 Å². The average Bonchev–Trinajstić information content (AvgIpc) is 3.32. The topological polar surface area (TPSA) is 154 Å². The summed E-state index contributed by atoms with van der Waals surface area (Å²) in [7, 11) is -4.96. The van der Waals surface area contributed by atoms with Gasteiger partial charge in [-0.25, -0.2) is 27.5 Å². The Bertz CT molecular complexity index is 1870. The smallest absolute Gasteiger partial charge is 0.434 e. The number of sulfonamides is 1. The SMILES string of the molecule is CC(C)(C)n1nc(-c2ccc(NS(=O)(=O)CC(F)(F)F)c(OCc3ccc(F)cc3)c2)c(C(N)=O)c1Nc1cnc(C(F)(F)F)cn1. The Balaban J connectivity index is 1.83. The van der Waals surface area contributed by atoms with Gasteiger partial charge in [-0.1, -0.05) is 18.2 Å². The van der Waals surface area contributed by atoms with Crippen molar-refractivity contribution in [1.82, 2.24) is 19.7 Å². The van der Waals surface area contributed by atoms with Gasteiger partial charge in [-0.15, -0.1) is 0 Å². The molecule has 2 heterocycles. The Morgan fingerprint density at radius 2 is 1.64 bits per heavy atom. The minimum Gasteiger partial charge on any atom is -0.487 e. The lowest BCUT2D eigenvalue weighted by atomic mass is 10.1. The summed E-state index contributed by atoms with van der Waals surface area (Å²) in [5.41, 5.74) is 3.30. The summed E-state index contributed by atoms with van der Waals surface area (Å²) >= 11 is 0. The molecule has 0 aliphatic rings. The fourth-order valence-electron chi connectivity index (χ4n) is 4.15. The summed E-state index contributed by atoms with van der Waals surface area (Å²) in [4.78, 5) is 19.9. The Hall–Kier alpha value is -4.94. The molecule has 4 N–H and O–H groups in total. The van der Waals surface area contributed by atoms with Gasteiger partial charge in [0, 0.05) is 5.56 Å². The van der Waals surface area contributed by atoms with E-state index in [1.165, 1.54) is 28.9 Å². The number of hydrogen-bond donors (Lipinski definition) is 3. The zero-order chi connectivity index (χ0) is 34.9. The van der Waals surface area contributed by atoms with Crippen LogP contribution in [0.5, 0.6) is 5.75 Å². The molecule has 2 aromatic carbocycles. The van der Waals surface area contributed by atoms with E-state index >= 15 is 0 Å². The van der Waals surface area contributed by atoms with Crippen LogP contribution in [0.25, 0.3) is 11.3 Å². The second-order valence-electron chi connectivity index (χ2n) is 11.0. The first kappa shape index (κ1) is 34.9. The number of aromatic nitrogens is 4. The van der Waals surface area contributed by atoms with Crippen molar-refractivity contribution in [3.05, 3.63) is 77.5 Å². The minimum atomic E-state index is -5.06. The van der Waals surface area contributed by atoms with Crippen LogP contribution in [0.15, 0.2) is 54.9 Å². The van der Waals surface area contributed by atoms with Crippen molar-refractivity contribution in [3.8, 4) is 17.0 Å². The number of nitrogens with zero attached hydrogens (tertiary/aromatic N) is 4. The van der Waals surface area contributed by atoms with E-state index in [9.17, 15) is 43.9 Å². The predicted octanol–water partition coefficient (Wildman–Crippen LogP) is 5.98. The maximum atomic E-state index is 13.4. The first-order chi connectivity index (χ1) is 21.6. The minimum absolute atomic E-state index is 0.0798. The molecule has 0 fully saturated rings. The molecule has 0 radical (unpaired) electrons. The molecule has 4 aromatic rings. The molecule has 0 saturated carbocycles. The summed E-state index contributed by atoms with van der Waals surface area (Å²) in [6.45, 7) is 4.78. The van der Waals surface area contributed by atoms with Crippen LogP contribution in [-0.4, -0.2) is 46.0 Å². The number of nitrogens with one attached hydrogen (secondary N) is 2. The maximum Gasteiger partial charge on any atom is 0.434 e. The molecule has 11 nitrogen and oxygen atoms in total. The van der Waals surface area contributed by atoms with Crippen molar-refractivity contribution < 1.29 is 48.7 Å². The molecule has 0 atom stereocenters. The Morgan fingerprint density at radius 3 is 2.17 bits per heavy atom. The number of ether oxygens (including phenoxy) is 1. The van der Waals surface area contributed by atoms with E-state index in [2.05, 4.69) is 20.4 Å². The van der Waals surface area contributed by atoms with Gasteiger partial charge < -0.3 is 15.8 Å². The Labute approximate surface area is 263 Å². The van der Waals surface area contributed by atoms with Gasteiger partial charge in [-0.3, -0.25) is 9.52 Å². The average molecular weight is 690 g/mol. The highest BCUT2D eigenvalue weighted by atomic mass is 32.2. The molecule has 252 valence electrons. The fourth-order valence-corrected chi connectivity index (χ4v) is 5.16. The maximum absolute atomic E-state index is 13.4. The van der Waals surface area contributed by atoms with E-state index in [1.807, 2.05) is 4.72 Å².